The van der Waals surface area contributed by atoms with Crippen molar-refractivity contribution in [2.24, 2.45) is 0 Å². The smallest absolute Gasteiger partial charge is 0.257 e. The Morgan fingerprint density at radius 2 is 1.59 bits per heavy atom. The highest BCUT2D eigenvalue weighted by Crippen LogP contribution is 2.30. The van der Waals surface area contributed by atoms with Crippen molar-refractivity contribution < 1.29 is 18.9 Å². The van der Waals surface area contributed by atoms with Crippen molar-refractivity contribution in [1.82, 2.24) is 15.0 Å². The van der Waals surface area contributed by atoms with Gasteiger partial charge in [0.1, 0.15) is 19.0 Å². The van der Waals surface area contributed by atoms with Crippen LogP contribution in [0.15, 0.2) is 79.1 Å². The Kier molecular flexibility index (Phi) is 8.03. The quantitative estimate of drug-likeness (QED) is 0.292. The normalized spacial score (nSPS) is 10.6. The molecule has 0 radical (unpaired) electrons. The van der Waals surface area contributed by atoms with Crippen LogP contribution in [0.1, 0.15) is 16.8 Å². The van der Waals surface area contributed by atoms with Gasteiger partial charge in [0.25, 0.3) is 5.88 Å². The molecule has 0 atom stereocenters. The summed E-state index contributed by atoms with van der Waals surface area (Å²) in [5.41, 5.74) is 3.74. The molecule has 4 aromatic rings. The monoisotopic (exact) mass is 457 g/mol. The number of hydrogen-bond donors (Lipinski definition) is 0. The van der Waals surface area contributed by atoms with Gasteiger partial charge in [-0.1, -0.05) is 42.5 Å². The van der Waals surface area contributed by atoms with E-state index in [4.69, 9.17) is 18.9 Å². The maximum atomic E-state index is 6.00. The molecule has 0 bridgehead atoms. The summed E-state index contributed by atoms with van der Waals surface area (Å²) in [6, 6.07) is 21.4. The van der Waals surface area contributed by atoms with E-state index in [1.807, 2.05) is 73.7 Å². The molecule has 7 heteroatoms. The van der Waals surface area contributed by atoms with E-state index >= 15 is 0 Å². The summed E-state index contributed by atoms with van der Waals surface area (Å²) >= 11 is 0. The van der Waals surface area contributed by atoms with Crippen LogP contribution in [0.2, 0.25) is 0 Å². The van der Waals surface area contributed by atoms with Gasteiger partial charge in [-0.05, 0) is 42.3 Å². The minimum Gasteiger partial charge on any atom is -0.497 e. The summed E-state index contributed by atoms with van der Waals surface area (Å²) in [5.74, 6) is 2.29. The van der Waals surface area contributed by atoms with Gasteiger partial charge in [-0.2, -0.15) is 0 Å². The minimum atomic E-state index is 0.345. The molecule has 0 saturated carbocycles. The molecule has 0 amide bonds. The third-order valence-electron chi connectivity index (χ3n) is 5.00. The number of nitrogens with zero attached hydrogens (tertiary/aromatic N) is 3. The van der Waals surface area contributed by atoms with Crippen LogP contribution in [0.4, 0.5) is 0 Å². The number of rotatable bonds is 11. The predicted molar refractivity (Wildman–Crippen MR) is 129 cm³/mol. The molecule has 0 fully saturated rings. The van der Waals surface area contributed by atoms with Crippen molar-refractivity contribution in [2.75, 3.05) is 20.3 Å². The van der Waals surface area contributed by atoms with Crippen LogP contribution in [0.5, 0.6) is 17.4 Å². The molecule has 0 aliphatic carbocycles. The Hall–Kier alpha value is -3.97. The molecule has 0 unspecified atom stereocenters. The average Bonchev–Trinajstić information content (AvgIpc) is 2.88. The first kappa shape index (κ1) is 23.2. The first-order chi connectivity index (χ1) is 16.7. The molecule has 2 aromatic heterocycles. The van der Waals surface area contributed by atoms with Gasteiger partial charge in [0.2, 0.25) is 0 Å². The zero-order valence-corrected chi connectivity index (χ0v) is 19.3. The molecule has 4 rings (SSSR count). The SMILES string of the molecule is COc1ccc(COc2ncc(-c3nccc(C)n3)cc2OCCOCc2ccccc2)cc1. The van der Waals surface area contributed by atoms with E-state index in [1.165, 1.54) is 0 Å². The summed E-state index contributed by atoms with van der Waals surface area (Å²) in [6.07, 6.45) is 3.42. The van der Waals surface area contributed by atoms with Crippen molar-refractivity contribution in [2.45, 2.75) is 20.1 Å². The fourth-order valence-electron chi connectivity index (χ4n) is 3.20. The number of hydrogen-bond acceptors (Lipinski definition) is 7. The van der Waals surface area contributed by atoms with Gasteiger partial charge in [-0.25, -0.2) is 15.0 Å². The highest BCUT2D eigenvalue weighted by molar-refractivity contribution is 5.58. The van der Waals surface area contributed by atoms with Crippen molar-refractivity contribution in [3.8, 4) is 28.8 Å². The number of aromatic nitrogens is 3. The molecule has 0 saturated heterocycles. The Morgan fingerprint density at radius 1 is 0.794 bits per heavy atom. The molecule has 0 spiro atoms. The summed E-state index contributed by atoms with van der Waals surface area (Å²) < 4.78 is 22.9. The van der Waals surface area contributed by atoms with Crippen LogP contribution in [0.3, 0.4) is 0 Å². The summed E-state index contributed by atoms with van der Waals surface area (Å²) in [4.78, 5) is 13.3. The second kappa shape index (κ2) is 11.8. The van der Waals surface area contributed by atoms with Gasteiger partial charge in [-0.3, -0.25) is 0 Å². The number of benzene rings is 2. The topological polar surface area (TPSA) is 75.6 Å². The lowest BCUT2D eigenvalue weighted by atomic mass is 10.2. The fourth-order valence-corrected chi connectivity index (χ4v) is 3.20. The van der Waals surface area contributed by atoms with E-state index in [1.54, 1.807) is 19.5 Å². The molecule has 0 N–H and O–H groups in total. The van der Waals surface area contributed by atoms with Gasteiger partial charge in [0, 0.05) is 23.7 Å². The molecule has 7 nitrogen and oxygen atoms in total. The molecular formula is C27H27N3O4. The van der Waals surface area contributed by atoms with Crippen LogP contribution in [0.25, 0.3) is 11.4 Å². The Bertz CT molecular complexity index is 1180. The van der Waals surface area contributed by atoms with Gasteiger partial charge < -0.3 is 18.9 Å². The van der Waals surface area contributed by atoms with Crippen LogP contribution < -0.4 is 14.2 Å². The number of ether oxygens (including phenoxy) is 4. The zero-order chi connectivity index (χ0) is 23.6. The molecule has 34 heavy (non-hydrogen) atoms. The van der Waals surface area contributed by atoms with Crippen molar-refractivity contribution in [1.29, 1.82) is 0 Å². The number of methoxy groups -OCH3 is 1. The maximum absolute atomic E-state index is 6.00. The van der Waals surface area contributed by atoms with Gasteiger partial charge in [-0.15, -0.1) is 0 Å². The Labute approximate surface area is 199 Å². The standard InChI is InChI=1S/C27H27N3O4/c1-20-12-13-28-26(30-20)23-16-25(33-15-14-32-18-21-6-4-3-5-7-21)27(29-17-23)34-19-22-8-10-24(31-2)11-9-22/h3-13,16-17H,14-15,18-19H2,1-2H3. The van der Waals surface area contributed by atoms with Crippen molar-refractivity contribution >= 4 is 0 Å². The van der Waals surface area contributed by atoms with Crippen LogP contribution in [-0.2, 0) is 18.0 Å². The van der Waals surface area contributed by atoms with E-state index in [9.17, 15) is 0 Å². The maximum Gasteiger partial charge on any atom is 0.257 e. The average molecular weight is 458 g/mol. The second-order valence-electron chi connectivity index (χ2n) is 7.57. The van der Waals surface area contributed by atoms with E-state index in [-0.39, 0.29) is 0 Å². The van der Waals surface area contributed by atoms with E-state index < -0.39 is 0 Å². The van der Waals surface area contributed by atoms with Crippen molar-refractivity contribution in [3.05, 3.63) is 95.9 Å². The first-order valence-electron chi connectivity index (χ1n) is 11.0. The molecule has 2 heterocycles. The molecule has 2 aromatic carbocycles. The van der Waals surface area contributed by atoms with Gasteiger partial charge >= 0.3 is 0 Å². The predicted octanol–water partition coefficient (Wildman–Crippen LogP) is 5.03. The third-order valence-corrected chi connectivity index (χ3v) is 5.00. The molecule has 174 valence electrons. The molecule has 0 aliphatic heterocycles. The van der Waals surface area contributed by atoms with Crippen LogP contribution in [0, 0.1) is 6.92 Å². The largest absolute Gasteiger partial charge is 0.497 e. The molecular weight excluding hydrogens is 430 g/mol. The first-order valence-corrected chi connectivity index (χ1v) is 11.0. The lowest BCUT2D eigenvalue weighted by Crippen LogP contribution is -2.09. The second-order valence-corrected chi connectivity index (χ2v) is 7.57. The van der Waals surface area contributed by atoms with Gasteiger partial charge in [0.05, 0.1) is 20.3 Å². The van der Waals surface area contributed by atoms with E-state index in [0.29, 0.717) is 43.9 Å². The van der Waals surface area contributed by atoms with E-state index in [0.717, 1.165) is 28.1 Å². The zero-order valence-electron chi connectivity index (χ0n) is 19.3. The number of pyridine rings is 1. The minimum absolute atomic E-state index is 0.345. The van der Waals surface area contributed by atoms with Crippen LogP contribution >= 0.6 is 0 Å². The summed E-state index contributed by atoms with van der Waals surface area (Å²) in [5, 5.41) is 0. The Balaban J connectivity index is 1.43. The van der Waals surface area contributed by atoms with Crippen molar-refractivity contribution in [3.63, 3.8) is 0 Å². The fraction of sp³-hybridized carbons (Fsp3) is 0.222. The summed E-state index contributed by atoms with van der Waals surface area (Å²) in [7, 11) is 1.64. The highest BCUT2D eigenvalue weighted by Gasteiger charge is 2.12. The van der Waals surface area contributed by atoms with Crippen LogP contribution in [-0.4, -0.2) is 35.3 Å². The Morgan fingerprint density at radius 3 is 2.35 bits per heavy atom. The highest BCUT2D eigenvalue weighted by atomic mass is 16.5. The summed E-state index contributed by atoms with van der Waals surface area (Å²) in [6.45, 7) is 3.58. The van der Waals surface area contributed by atoms with E-state index in [2.05, 4.69) is 15.0 Å². The number of aryl methyl sites for hydroxylation is 1. The lowest BCUT2D eigenvalue weighted by Gasteiger charge is -2.13. The van der Waals surface area contributed by atoms with Gasteiger partial charge in [0.15, 0.2) is 11.6 Å². The third kappa shape index (κ3) is 6.52. The lowest BCUT2D eigenvalue weighted by molar-refractivity contribution is 0.0872. The molecule has 0 aliphatic rings.